The average molecular weight is 486 g/mol. The van der Waals surface area contributed by atoms with Crippen LogP contribution in [-0.4, -0.2) is 40.8 Å². The van der Waals surface area contributed by atoms with Crippen LogP contribution in [0.2, 0.25) is 0 Å². The zero-order valence-corrected chi connectivity index (χ0v) is 18.5. The lowest BCUT2D eigenvalue weighted by Crippen LogP contribution is -2.46. The zero-order chi connectivity index (χ0) is 25.0. The lowest BCUT2D eigenvalue weighted by Gasteiger charge is -2.32. The van der Waals surface area contributed by atoms with E-state index in [1.54, 1.807) is 17.0 Å². The molecule has 1 aliphatic heterocycles. The molecular formula is C25H22F4N4O2. The number of amides is 2. The Kier molecular flexibility index (Phi) is 6.99. The predicted molar refractivity (Wildman–Crippen MR) is 122 cm³/mol. The third kappa shape index (κ3) is 5.76. The van der Waals surface area contributed by atoms with Gasteiger partial charge in [0.1, 0.15) is 11.6 Å². The van der Waals surface area contributed by atoms with Crippen molar-refractivity contribution in [2.45, 2.75) is 25.1 Å². The maximum absolute atomic E-state index is 13.9. The van der Waals surface area contributed by atoms with Gasteiger partial charge < -0.3 is 15.5 Å². The number of hydrogen-bond acceptors (Lipinski definition) is 4. The third-order valence-electron chi connectivity index (χ3n) is 5.73. The molecule has 1 fully saturated rings. The van der Waals surface area contributed by atoms with Crippen LogP contribution < -0.4 is 10.6 Å². The topological polar surface area (TPSA) is 74.3 Å². The van der Waals surface area contributed by atoms with Crippen molar-refractivity contribution < 1.29 is 27.2 Å². The van der Waals surface area contributed by atoms with Gasteiger partial charge in [-0.3, -0.25) is 9.59 Å². The van der Waals surface area contributed by atoms with E-state index >= 15 is 0 Å². The van der Waals surface area contributed by atoms with E-state index in [2.05, 4.69) is 15.6 Å². The van der Waals surface area contributed by atoms with Crippen LogP contribution in [0.4, 0.5) is 29.1 Å². The standard InChI is InChI=1S/C25H22F4N4O2/c26-21-9-2-1-7-19(21)24(35)33-13-10-17(11-14-33)32-23(34)20-8-4-12-30-22(20)31-18-6-3-5-16(15-18)25(27,28)29/h1-9,12,15,17H,10-11,13-14H2,(H,30,31)(H,32,34). The summed E-state index contributed by atoms with van der Waals surface area (Å²) in [6.07, 6.45) is -2.12. The van der Waals surface area contributed by atoms with Crippen LogP contribution in [0, 0.1) is 5.82 Å². The Morgan fingerprint density at radius 1 is 0.943 bits per heavy atom. The molecule has 0 radical (unpaired) electrons. The molecule has 10 heteroatoms. The van der Waals surface area contributed by atoms with Crippen LogP contribution in [0.25, 0.3) is 0 Å². The van der Waals surface area contributed by atoms with E-state index in [1.807, 2.05) is 0 Å². The van der Waals surface area contributed by atoms with Crippen molar-refractivity contribution in [2.75, 3.05) is 18.4 Å². The lowest BCUT2D eigenvalue weighted by molar-refractivity contribution is -0.137. The summed E-state index contributed by atoms with van der Waals surface area (Å²) >= 11 is 0. The molecule has 2 N–H and O–H groups in total. The molecule has 0 aliphatic carbocycles. The van der Waals surface area contributed by atoms with Crippen LogP contribution >= 0.6 is 0 Å². The summed E-state index contributed by atoms with van der Waals surface area (Å²) in [5.74, 6) is -1.29. The minimum atomic E-state index is -4.50. The smallest absolute Gasteiger partial charge is 0.349 e. The van der Waals surface area contributed by atoms with Gasteiger partial charge in [-0.15, -0.1) is 0 Å². The fraction of sp³-hybridized carbons (Fsp3) is 0.240. The Bertz CT molecular complexity index is 1220. The number of benzene rings is 2. The minimum absolute atomic E-state index is 0.00986. The van der Waals surface area contributed by atoms with E-state index in [4.69, 9.17) is 0 Å². The van der Waals surface area contributed by atoms with E-state index in [-0.39, 0.29) is 28.7 Å². The molecule has 2 amide bonds. The van der Waals surface area contributed by atoms with Gasteiger partial charge in [0.05, 0.1) is 16.7 Å². The molecule has 35 heavy (non-hydrogen) atoms. The molecule has 1 aromatic heterocycles. The summed E-state index contributed by atoms with van der Waals surface area (Å²) in [5, 5.41) is 5.68. The van der Waals surface area contributed by atoms with Gasteiger partial charge in [0, 0.05) is 31.0 Å². The number of likely N-dealkylation sites (tertiary alicyclic amines) is 1. The molecule has 1 saturated heterocycles. The molecule has 0 bridgehead atoms. The molecule has 0 atom stereocenters. The minimum Gasteiger partial charge on any atom is -0.349 e. The largest absolute Gasteiger partial charge is 0.416 e. The van der Waals surface area contributed by atoms with Gasteiger partial charge in [-0.1, -0.05) is 18.2 Å². The Morgan fingerprint density at radius 3 is 2.37 bits per heavy atom. The predicted octanol–water partition coefficient (Wildman–Crippen LogP) is 5.02. The Hall–Kier alpha value is -3.95. The number of hydrogen-bond donors (Lipinski definition) is 2. The number of carbonyl (C=O) groups excluding carboxylic acids is 2. The first-order valence-corrected chi connectivity index (χ1v) is 11.0. The number of pyridine rings is 1. The molecule has 2 heterocycles. The van der Waals surface area contributed by atoms with Crippen molar-refractivity contribution in [1.29, 1.82) is 0 Å². The number of halogens is 4. The van der Waals surface area contributed by atoms with E-state index < -0.39 is 29.4 Å². The van der Waals surface area contributed by atoms with Crippen LogP contribution in [-0.2, 0) is 6.18 Å². The quantitative estimate of drug-likeness (QED) is 0.497. The van der Waals surface area contributed by atoms with E-state index in [9.17, 15) is 27.2 Å². The summed E-state index contributed by atoms with van der Waals surface area (Å²) < 4.78 is 53.0. The average Bonchev–Trinajstić information content (AvgIpc) is 2.84. The molecule has 0 spiro atoms. The number of carbonyl (C=O) groups is 2. The molecular weight excluding hydrogens is 464 g/mol. The van der Waals surface area contributed by atoms with Crippen molar-refractivity contribution in [3.63, 3.8) is 0 Å². The highest BCUT2D eigenvalue weighted by Crippen LogP contribution is 2.31. The van der Waals surface area contributed by atoms with Gasteiger partial charge in [0.25, 0.3) is 11.8 Å². The van der Waals surface area contributed by atoms with E-state index in [0.717, 1.165) is 12.1 Å². The maximum atomic E-state index is 13.9. The van der Waals surface area contributed by atoms with Crippen molar-refractivity contribution in [1.82, 2.24) is 15.2 Å². The number of anilines is 2. The number of nitrogens with zero attached hydrogens (tertiary/aromatic N) is 2. The van der Waals surface area contributed by atoms with E-state index in [1.165, 1.54) is 42.6 Å². The second-order valence-electron chi connectivity index (χ2n) is 8.12. The highest BCUT2D eigenvalue weighted by atomic mass is 19.4. The number of nitrogens with one attached hydrogen (secondary N) is 2. The molecule has 1 aliphatic rings. The summed E-state index contributed by atoms with van der Waals surface area (Å²) in [5.41, 5.74) is -0.487. The highest BCUT2D eigenvalue weighted by Gasteiger charge is 2.31. The summed E-state index contributed by atoms with van der Waals surface area (Å²) in [7, 11) is 0. The molecule has 182 valence electrons. The SMILES string of the molecule is O=C(NC1CCN(C(=O)c2ccccc2F)CC1)c1cccnc1Nc1cccc(C(F)(F)F)c1. The first-order chi connectivity index (χ1) is 16.7. The normalized spacial score (nSPS) is 14.5. The Labute approximate surface area is 199 Å². The number of rotatable bonds is 5. The second-order valence-corrected chi connectivity index (χ2v) is 8.12. The summed E-state index contributed by atoms with van der Waals surface area (Å²) in [4.78, 5) is 31.2. The lowest BCUT2D eigenvalue weighted by atomic mass is 10.0. The van der Waals surface area contributed by atoms with Gasteiger partial charge in [-0.2, -0.15) is 13.2 Å². The van der Waals surface area contributed by atoms with Crippen LogP contribution in [0.5, 0.6) is 0 Å². The van der Waals surface area contributed by atoms with Crippen molar-refractivity contribution >= 4 is 23.3 Å². The van der Waals surface area contributed by atoms with Crippen molar-refractivity contribution in [3.05, 3.63) is 89.4 Å². The molecule has 6 nitrogen and oxygen atoms in total. The van der Waals surface area contributed by atoms with Gasteiger partial charge in [-0.25, -0.2) is 9.37 Å². The fourth-order valence-corrected chi connectivity index (χ4v) is 3.89. The van der Waals surface area contributed by atoms with Crippen LogP contribution in [0.1, 0.15) is 39.1 Å². The van der Waals surface area contributed by atoms with Crippen molar-refractivity contribution in [2.24, 2.45) is 0 Å². The van der Waals surface area contributed by atoms with Crippen molar-refractivity contribution in [3.8, 4) is 0 Å². The zero-order valence-electron chi connectivity index (χ0n) is 18.5. The second kappa shape index (κ2) is 10.1. The molecule has 0 unspecified atom stereocenters. The van der Waals surface area contributed by atoms with Gasteiger partial charge in [-0.05, 0) is 55.3 Å². The van der Waals surface area contributed by atoms with E-state index in [0.29, 0.717) is 25.9 Å². The van der Waals surface area contributed by atoms with Gasteiger partial charge >= 0.3 is 6.18 Å². The monoisotopic (exact) mass is 486 g/mol. The van der Waals surface area contributed by atoms with Crippen LogP contribution in [0.15, 0.2) is 66.9 Å². The highest BCUT2D eigenvalue weighted by molar-refractivity contribution is 5.99. The van der Waals surface area contributed by atoms with Gasteiger partial charge in [0.2, 0.25) is 0 Å². The van der Waals surface area contributed by atoms with Crippen LogP contribution in [0.3, 0.4) is 0 Å². The molecule has 2 aromatic carbocycles. The van der Waals surface area contributed by atoms with Gasteiger partial charge in [0.15, 0.2) is 0 Å². The first-order valence-electron chi connectivity index (χ1n) is 11.0. The molecule has 0 saturated carbocycles. The Balaban J connectivity index is 1.39. The fourth-order valence-electron chi connectivity index (χ4n) is 3.89. The molecule has 3 aromatic rings. The first kappa shape index (κ1) is 24.2. The number of alkyl halides is 3. The summed E-state index contributed by atoms with van der Waals surface area (Å²) in [6, 6.07) is 13.3. The third-order valence-corrected chi connectivity index (χ3v) is 5.73. The summed E-state index contributed by atoms with van der Waals surface area (Å²) in [6.45, 7) is 0.695. The number of piperidine rings is 1. The molecule has 4 rings (SSSR count). The maximum Gasteiger partial charge on any atom is 0.416 e. The Morgan fingerprint density at radius 2 is 1.66 bits per heavy atom. The number of aromatic nitrogens is 1.